The van der Waals surface area contributed by atoms with Crippen LogP contribution in [0.1, 0.15) is 130 Å². The molecule has 0 saturated heterocycles. The average Bonchev–Trinajstić information content (AvgIpc) is 3.48. The van der Waals surface area contributed by atoms with E-state index >= 15 is 0 Å². The number of carbonyl (C=O) groups is 1. The molecule has 44 heavy (non-hydrogen) atoms. The molecule has 7 atom stereocenters. The number of esters is 1. The quantitative estimate of drug-likeness (QED) is 0.235. The lowest BCUT2D eigenvalue weighted by Gasteiger charge is -2.44. The van der Waals surface area contributed by atoms with Crippen LogP contribution in [-0.2, 0) is 21.4 Å². The molecule has 0 amide bonds. The maximum Gasteiger partial charge on any atom is 0.311 e. The molecule has 0 unspecified atom stereocenters. The van der Waals surface area contributed by atoms with Crippen LogP contribution < -0.4 is 0 Å². The minimum absolute atomic E-state index is 0.119. The van der Waals surface area contributed by atoms with Crippen LogP contribution in [0.4, 0.5) is 0 Å². The summed E-state index contributed by atoms with van der Waals surface area (Å²) in [6.45, 7) is 17.1. The number of aromatic nitrogens is 2. The monoisotopic (exact) mass is 606 g/mol. The molecule has 1 aromatic rings. The van der Waals surface area contributed by atoms with E-state index < -0.39 is 17.6 Å². The molecule has 5 rings (SSSR count). The fraction of sp³-hybridized carbons (Fsp3) is 0.737. The largest absolute Gasteiger partial charge is 0.461 e. The van der Waals surface area contributed by atoms with Crippen LogP contribution in [0.15, 0.2) is 41.6 Å². The number of hydrogen-bond donors (Lipinski definition) is 3. The van der Waals surface area contributed by atoms with Crippen LogP contribution in [-0.4, -0.2) is 44.5 Å². The van der Waals surface area contributed by atoms with Gasteiger partial charge in [-0.2, -0.15) is 0 Å². The van der Waals surface area contributed by atoms with Gasteiger partial charge in [-0.05, 0) is 126 Å². The third-order valence-electron chi connectivity index (χ3n) is 11.7. The molecule has 0 aliphatic heterocycles. The lowest BCUT2D eigenvalue weighted by Crippen LogP contribution is -2.38. The molecule has 4 saturated carbocycles. The van der Waals surface area contributed by atoms with Gasteiger partial charge in [0.1, 0.15) is 11.9 Å². The summed E-state index contributed by atoms with van der Waals surface area (Å²) in [5.74, 6) is 2.62. The first-order valence-corrected chi connectivity index (χ1v) is 17.5. The first-order valence-electron chi connectivity index (χ1n) is 17.5. The van der Waals surface area contributed by atoms with E-state index in [1.54, 1.807) is 0 Å². The number of ether oxygens (including phenoxy) is 1. The summed E-state index contributed by atoms with van der Waals surface area (Å²) in [5.41, 5.74) is 3.91. The Hall–Kier alpha value is -2.18. The summed E-state index contributed by atoms with van der Waals surface area (Å²) in [5, 5.41) is 20.5. The molecule has 0 spiro atoms. The van der Waals surface area contributed by atoms with E-state index in [2.05, 4.69) is 44.5 Å². The Morgan fingerprint density at radius 2 is 1.95 bits per heavy atom. The van der Waals surface area contributed by atoms with Gasteiger partial charge in [0.05, 0.1) is 28.7 Å². The van der Waals surface area contributed by atoms with Gasteiger partial charge in [-0.3, -0.25) is 4.79 Å². The molecule has 4 fully saturated rings. The van der Waals surface area contributed by atoms with Crippen molar-refractivity contribution in [2.75, 3.05) is 0 Å². The summed E-state index contributed by atoms with van der Waals surface area (Å²) in [6.07, 6.45) is 18.1. The predicted octanol–water partition coefficient (Wildman–Crippen LogP) is 7.91. The Balaban J connectivity index is 1.30. The van der Waals surface area contributed by atoms with Crippen LogP contribution in [0.25, 0.3) is 0 Å². The fourth-order valence-electron chi connectivity index (χ4n) is 8.89. The molecule has 1 heterocycles. The maximum absolute atomic E-state index is 13.2. The first kappa shape index (κ1) is 33.2. The number of allylic oxidation sites excluding steroid dienone is 3. The maximum atomic E-state index is 13.2. The number of imidazole rings is 1. The molecular formula is C38H58N2O4. The predicted molar refractivity (Wildman–Crippen MR) is 176 cm³/mol. The highest BCUT2D eigenvalue weighted by molar-refractivity contribution is 5.75. The second-order valence-electron chi connectivity index (χ2n) is 16.0. The van der Waals surface area contributed by atoms with E-state index in [0.717, 1.165) is 67.6 Å². The van der Waals surface area contributed by atoms with Crippen molar-refractivity contribution in [2.45, 2.75) is 149 Å². The van der Waals surface area contributed by atoms with Gasteiger partial charge in [-0.15, -0.1) is 0 Å². The van der Waals surface area contributed by atoms with Crippen LogP contribution in [0.2, 0.25) is 0 Å². The zero-order valence-corrected chi connectivity index (χ0v) is 28.3. The number of H-pyrrole nitrogens is 1. The van der Waals surface area contributed by atoms with Crippen LogP contribution >= 0.6 is 0 Å². The Morgan fingerprint density at radius 1 is 1.20 bits per heavy atom. The van der Waals surface area contributed by atoms with Crippen molar-refractivity contribution in [3.8, 4) is 0 Å². The molecule has 244 valence electrons. The molecular weight excluding hydrogens is 548 g/mol. The Labute approximate surface area is 265 Å². The number of carbonyl (C=O) groups excluding carboxylic acids is 1. The summed E-state index contributed by atoms with van der Waals surface area (Å²) in [6, 6.07) is 0. The average molecular weight is 607 g/mol. The van der Waals surface area contributed by atoms with E-state index in [1.807, 2.05) is 27.0 Å². The third-order valence-corrected chi connectivity index (χ3v) is 11.7. The standard InChI is InChI=1S/C38H58N2O4/c1-8-10-28-23-39-34(40-28)38(19-20-38)33(44-35(43)36(4,5)6)17-12-24(2)30-15-16-31-26(11-9-18-37(30,31)7)13-14-27-21-29(41)22-32(42)25(27)3/h13-14,23-24,29-33,41-42H,3,8-12,15-22H2,1-2,4-7H3,(H,39,40)/b26-13+,27-14-/t24-,29-,30-,31+,32+,33+,37-/m1/s1. The second kappa shape index (κ2) is 12.9. The van der Waals surface area contributed by atoms with Crippen molar-refractivity contribution in [3.05, 3.63) is 53.2 Å². The minimum Gasteiger partial charge on any atom is -0.461 e. The molecule has 1 aromatic heterocycles. The van der Waals surface area contributed by atoms with Crippen LogP contribution in [0, 0.1) is 28.6 Å². The number of fused-ring (bicyclic) bond motifs is 1. The molecule has 0 radical (unpaired) electrons. The smallest absolute Gasteiger partial charge is 0.311 e. The Bertz CT molecular complexity index is 1260. The van der Waals surface area contributed by atoms with E-state index in [1.165, 1.54) is 31.3 Å². The SMILES string of the molecule is C=C1/C(=C\C=C2/CCC[C@]3(C)[C@@H]([C@H](C)CC[C@H](OC(=O)C(C)(C)C)C4(c5nc(CCC)c[nH]5)CC4)CC[C@@H]23)C[C@@H](O)C[C@@H]1O. The Morgan fingerprint density at radius 3 is 2.64 bits per heavy atom. The van der Waals surface area contributed by atoms with Crippen molar-refractivity contribution in [3.63, 3.8) is 0 Å². The molecule has 6 heteroatoms. The topological polar surface area (TPSA) is 95.4 Å². The van der Waals surface area contributed by atoms with Gasteiger partial charge in [0.25, 0.3) is 0 Å². The number of rotatable bonds is 10. The summed E-state index contributed by atoms with van der Waals surface area (Å²) < 4.78 is 6.38. The van der Waals surface area contributed by atoms with Gasteiger partial charge >= 0.3 is 5.97 Å². The van der Waals surface area contributed by atoms with Gasteiger partial charge in [0.2, 0.25) is 0 Å². The van der Waals surface area contributed by atoms with E-state index in [9.17, 15) is 15.0 Å². The summed E-state index contributed by atoms with van der Waals surface area (Å²) in [7, 11) is 0. The minimum atomic E-state index is -0.649. The number of nitrogens with zero attached hydrogens (tertiary/aromatic N) is 1. The van der Waals surface area contributed by atoms with Crippen molar-refractivity contribution in [1.82, 2.24) is 9.97 Å². The highest BCUT2D eigenvalue weighted by Gasteiger charge is 2.56. The number of aromatic amines is 1. The van der Waals surface area contributed by atoms with Crippen molar-refractivity contribution in [2.24, 2.45) is 28.6 Å². The van der Waals surface area contributed by atoms with Crippen molar-refractivity contribution < 1.29 is 19.7 Å². The summed E-state index contributed by atoms with van der Waals surface area (Å²) >= 11 is 0. The molecule has 3 N–H and O–H groups in total. The normalized spacial score (nSPS) is 33.3. The van der Waals surface area contributed by atoms with Crippen LogP contribution in [0.5, 0.6) is 0 Å². The Kier molecular flexibility index (Phi) is 9.73. The number of aliphatic hydroxyl groups excluding tert-OH is 2. The first-order chi connectivity index (χ1) is 20.8. The van der Waals surface area contributed by atoms with Gasteiger partial charge in [-0.25, -0.2) is 4.98 Å². The fourth-order valence-corrected chi connectivity index (χ4v) is 8.89. The van der Waals surface area contributed by atoms with Gasteiger partial charge in [-0.1, -0.05) is 51.5 Å². The van der Waals surface area contributed by atoms with Crippen LogP contribution in [0.3, 0.4) is 0 Å². The highest BCUT2D eigenvalue weighted by atomic mass is 16.5. The summed E-state index contributed by atoms with van der Waals surface area (Å²) in [4.78, 5) is 21.6. The number of nitrogens with one attached hydrogen (secondary N) is 1. The van der Waals surface area contributed by atoms with Crippen molar-refractivity contribution >= 4 is 5.97 Å². The number of aryl methyl sites for hydroxylation is 1. The zero-order valence-electron chi connectivity index (χ0n) is 28.3. The van der Waals surface area contributed by atoms with Gasteiger partial charge in [0, 0.05) is 12.6 Å². The molecule has 0 bridgehead atoms. The lowest BCUT2D eigenvalue weighted by atomic mass is 9.60. The van der Waals surface area contributed by atoms with E-state index in [-0.39, 0.29) is 22.9 Å². The lowest BCUT2D eigenvalue weighted by molar-refractivity contribution is -0.161. The van der Waals surface area contributed by atoms with E-state index in [4.69, 9.17) is 9.72 Å². The number of hydrogen-bond acceptors (Lipinski definition) is 5. The molecule has 0 aromatic carbocycles. The molecule has 4 aliphatic rings. The third kappa shape index (κ3) is 6.67. The van der Waals surface area contributed by atoms with E-state index in [0.29, 0.717) is 30.6 Å². The second-order valence-corrected chi connectivity index (χ2v) is 16.0. The molecule has 4 aliphatic carbocycles. The molecule has 6 nitrogen and oxygen atoms in total. The van der Waals surface area contributed by atoms with Crippen molar-refractivity contribution in [1.29, 1.82) is 0 Å². The number of aliphatic hydroxyl groups is 2. The highest BCUT2D eigenvalue weighted by Crippen LogP contribution is 2.60. The van der Waals surface area contributed by atoms with Gasteiger partial charge in [0.15, 0.2) is 0 Å². The zero-order chi connectivity index (χ0) is 31.9. The van der Waals surface area contributed by atoms with Gasteiger partial charge < -0.3 is 19.9 Å².